The zero-order valence-electron chi connectivity index (χ0n) is 17.5. The number of anilines is 3. The summed E-state index contributed by atoms with van der Waals surface area (Å²) in [4.78, 5) is 26.5. The van der Waals surface area contributed by atoms with Crippen molar-refractivity contribution in [2.45, 2.75) is 46.0 Å². The minimum absolute atomic E-state index is 0.0553. The predicted octanol–water partition coefficient (Wildman–Crippen LogP) is 3.94. The summed E-state index contributed by atoms with van der Waals surface area (Å²) >= 11 is 0. The van der Waals surface area contributed by atoms with Crippen LogP contribution in [-0.2, 0) is 4.79 Å². The predicted molar refractivity (Wildman–Crippen MR) is 118 cm³/mol. The maximum Gasteiger partial charge on any atom is 0.227 e. The van der Waals surface area contributed by atoms with Crippen molar-refractivity contribution in [3.8, 4) is 0 Å². The van der Waals surface area contributed by atoms with Crippen molar-refractivity contribution in [1.82, 2.24) is 9.97 Å². The van der Waals surface area contributed by atoms with E-state index in [1.807, 2.05) is 32.3 Å². The Morgan fingerprint density at radius 3 is 2.34 bits per heavy atom. The van der Waals surface area contributed by atoms with E-state index in [9.17, 15) is 4.79 Å². The SMILES string of the molecule is Cc1ccc(C)c(NC(=O)C2CCN(c3cnc(N4CCCCC4)nc3)CC2)c1. The molecule has 0 saturated carbocycles. The second-order valence-corrected chi connectivity index (χ2v) is 8.36. The smallest absolute Gasteiger partial charge is 0.227 e. The van der Waals surface area contributed by atoms with E-state index in [1.165, 1.54) is 19.3 Å². The molecule has 6 heteroatoms. The summed E-state index contributed by atoms with van der Waals surface area (Å²) in [7, 11) is 0. The fourth-order valence-electron chi connectivity index (χ4n) is 4.24. The number of aromatic nitrogens is 2. The van der Waals surface area contributed by atoms with E-state index in [0.717, 1.165) is 67.5 Å². The van der Waals surface area contributed by atoms with Gasteiger partial charge in [0, 0.05) is 37.8 Å². The van der Waals surface area contributed by atoms with E-state index in [1.54, 1.807) is 0 Å². The third kappa shape index (κ3) is 4.69. The van der Waals surface area contributed by atoms with Gasteiger partial charge in [-0.05, 0) is 63.1 Å². The van der Waals surface area contributed by atoms with Gasteiger partial charge in [0.1, 0.15) is 0 Å². The molecule has 29 heavy (non-hydrogen) atoms. The Bertz CT molecular complexity index is 837. The average Bonchev–Trinajstić information content (AvgIpc) is 2.77. The van der Waals surface area contributed by atoms with Gasteiger partial charge >= 0.3 is 0 Å². The summed E-state index contributed by atoms with van der Waals surface area (Å²) in [6.45, 7) is 7.91. The number of hydrogen-bond acceptors (Lipinski definition) is 5. The molecule has 1 amide bonds. The second-order valence-electron chi connectivity index (χ2n) is 8.36. The summed E-state index contributed by atoms with van der Waals surface area (Å²) in [5, 5.41) is 3.13. The first-order valence-electron chi connectivity index (χ1n) is 10.8. The zero-order valence-corrected chi connectivity index (χ0v) is 17.5. The number of carbonyl (C=O) groups excluding carboxylic acids is 1. The highest BCUT2D eigenvalue weighted by Crippen LogP contribution is 2.25. The Kier molecular flexibility index (Phi) is 5.97. The Balaban J connectivity index is 1.32. The molecule has 2 aliphatic heterocycles. The van der Waals surface area contributed by atoms with E-state index in [-0.39, 0.29) is 11.8 Å². The van der Waals surface area contributed by atoms with Crippen molar-refractivity contribution in [2.24, 2.45) is 5.92 Å². The van der Waals surface area contributed by atoms with Crippen LogP contribution < -0.4 is 15.1 Å². The molecule has 0 unspecified atom stereocenters. The molecule has 1 N–H and O–H groups in total. The number of piperidine rings is 2. The number of carbonyl (C=O) groups is 1. The first-order valence-corrected chi connectivity index (χ1v) is 10.8. The van der Waals surface area contributed by atoms with Crippen LogP contribution in [0.25, 0.3) is 0 Å². The summed E-state index contributed by atoms with van der Waals surface area (Å²) in [5.41, 5.74) is 4.25. The fourth-order valence-corrected chi connectivity index (χ4v) is 4.24. The van der Waals surface area contributed by atoms with Crippen molar-refractivity contribution in [3.05, 3.63) is 41.7 Å². The van der Waals surface area contributed by atoms with E-state index >= 15 is 0 Å². The second kappa shape index (κ2) is 8.80. The Hall–Kier alpha value is -2.63. The number of nitrogens with one attached hydrogen (secondary N) is 1. The van der Waals surface area contributed by atoms with Crippen molar-refractivity contribution in [2.75, 3.05) is 41.3 Å². The van der Waals surface area contributed by atoms with Crippen molar-refractivity contribution in [1.29, 1.82) is 0 Å². The molecular weight excluding hydrogens is 362 g/mol. The molecule has 0 bridgehead atoms. The van der Waals surface area contributed by atoms with Gasteiger partial charge in [-0.3, -0.25) is 4.79 Å². The minimum atomic E-state index is 0.0553. The lowest BCUT2D eigenvalue weighted by molar-refractivity contribution is -0.120. The van der Waals surface area contributed by atoms with Gasteiger partial charge < -0.3 is 15.1 Å². The van der Waals surface area contributed by atoms with E-state index in [0.29, 0.717) is 0 Å². The van der Waals surface area contributed by atoms with Gasteiger partial charge in [0.05, 0.1) is 18.1 Å². The molecule has 154 valence electrons. The van der Waals surface area contributed by atoms with Gasteiger partial charge in [0.2, 0.25) is 11.9 Å². The lowest BCUT2D eigenvalue weighted by Gasteiger charge is -2.33. The normalized spacial score (nSPS) is 18.0. The van der Waals surface area contributed by atoms with Crippen LogP contribution in [0.2, 0.25) is 0 Å². The summed E-state index contributed by atoms with van der Waals surface area (Å²) in [6, 6.07) is 6.17. The highest BCUT2D eigenvalue weighted by atomic mass is 16.1. The molecule has 1 aromatic heterocycles. The van der Waals surface area contributed by atoms with Crippen LogP contribution in [0.3, 0.4) is 0 Å². The van der Waals surface area contributed by atoms with Gasteiger partial charge in [0.25, 0.3) is 0 Å². The topological polar surface area (TPSA) is 61.4 Å². The van der Waals surface area contributed by atoms with Crippen LogP contribution in [0, 0.1) is 19.8 Å². The average molecular weight is 394 g/mol. The minimum Gasteiger partial charge on any atom is -0.369 e. The van der Waals surface area contributed by atoms with Crippen molar-refractivity contribution >= 4 is 23.2 Å². The number of benzene rings is 1. The zero-order chi connectivity index (χ0) is 20.2. The molecule has 0 radical (unpaired) electrons. The maximum absolute atomic E-state index is 12.7. The maximum atomic E-state index is 12.7. The van der Waals surface area contributed by atoms with Crippen LogP contribution in [0.5, 0.6) is 0 Å². The summed E-state index contributed by atoms with van der Waals surface area (Å²) in [5.74, 6) is 1.03. The van der Waals surface area contributed by atoms with Gasteiger partial charge in [0.15, 0.2) is 0 Å². The molecular formula is C23H31N5O. The fraction of sp³-hybridized carbons (Fsp3) is 0.522. The van der Waals surface area contributed by atoms with Gasteiger partial charge in [-0.25, -0.2) is 9.97 Å². The molecule has 1 aromatic carbocycles. The van der Waals surface area contributed by atoms with Crippen LogP contribution >= 0.6 is 0 Å². The van der Waals surface area contributed by atoms with Crippen LogP contribution in [-0.4, -0.2) is 42.1 Å². The number of rotatable bonds is 4. The molecule has 0 spiro atoms. The van der Waals surface area contributed by atoms with Gasteiger partial charge in [-0.2, -0.15) is 0 Å². The lowest BCUT2D eigenvalue weighted by Crippen LogP contribution is -2.38. The van der Waals surface area contributed by atoms with Crippen LogP contribution in [0.1, 0.15) is 43.2 Å². The Labute approximate surface area is 173 Å². The van der Waals surface area contributed by atoms with E-state index in [2.05, 4.69) is 37.2 Å². The standard InChI is InChI=1S/C23H31N5O/c1-17-6-7-18(2)21(14-17)26-22(29)19-8-12-27(13-9-19)20-15-24-23(25-16-20)28-10-4-3-5-11-28/h6-7,14-16,19H,3-5,8-13H2,1-2H3,(H,26,29). The number of hydrogen-bond donors (Lipinski definition) is 1. The Morgan fingerprint density at radius 1 is 0.966 bits per heavy atom. The molecule has 3 heterocycles. The molecule has 0 atom stereocenters. The monoisotopic (exact) mass is 393 g/mol. The number of amides is 1. The quantitative estimate of drug-likeness (QED) is 0.853. The molecule has 2 aliphatic rings. The first-order chi connectivity index (χ1) is 14.1. The van der Waals surface area contributed by atoms with Crippen LogP contribution in [0.4, 0.5) is 17.3 Å². The largest absolute Gasteiger partial charge is 0.369 e. The van der Waals surface area contributed by atoms with Crippen molar-refractivity contribution in [3.63, 3.8) is 0 Å². The summed E-state index contributed by atoms with van der Waals surface area (Å²) < 4.78 is 0. The lowest BCUT2D eigenvalue weighted by atomic mass is 9.95. The molecule has 6 nitrogen and oxygen atoms in total. The number of aryl methyl sites for hydroxylation is 2. The van der Waals surface area contributed by atoms with Crippen molar-refractivity contribution < 1.29 is 4.79 Å². The van der Waals surface area contributed by atoms with E-state index in [4.69, 9.17) is 0 Å². The first kappa shape index (κ1) is 19.7. The van der Waals surface area contributed by atoms with Gasteiger partial charge in [-0.15, -0.1) is 0 Å². The molecule has 2 fully saturated rings. The highest BCUT2D eigenvalue weighted by molar-refractivity contribution is 5.93. The Morgan fingerprint density at radius 2 is 1.66 bits per heavy atom. The van der Waals surface area contributed by atoms with Gasteiger partial charge in [-0.1, -0.05) is 12.1 Å². The van der Waals surface area contributed by atoms with E-state index < -0.39 is 0 Å². The molecule has 2 aromatic rings. The molecule has 4 rings (SSSR count). The summed E-state index contributed by atoms with van der Waals surface area (Å²) in [6.07, 6.45) is 9.34. The van der Waals surface area contributed by atoms with Crippen LogP contribution in [0.15, 0.2) is 30.6 Å². The highest BCUT2D eigenvalue weighted by Gasteiger charge is 2.26. The third-order valence-electron chi connectivity index (χ3n) is 6.15. The molecule has 0 aliphatic carbocycles. The molecule has 2 saturated heterocycles. The third-order valence-corrected chi connectivity index (χ3v) is 6.15. The number of nitrogens with zero attached hydrogens (tertiary/aromatic N) is 4.